The minimum absolute atomic E-state index is 0.338. The third-order valence-corrected chi connectivity index (χ3v) is 5.19. The molecule has 0 amide bonds. The third kappa shape index (κ3) is 5.89. The van der Waals surface area contributed by atoms with E-state index in [1.807, 2.05) is 18.0 Å². The van der Waals surface area contributed by atoms with Gasteiger partial charge in [0.05, 0.1) is 17.9 Å². The van der Waals surface area contributed by atoms with E-state index < -0.39 is 5.97 Å². The number of hydrogen-bond acceptors (Lipinski definition) is 3. The average Bonchev–Trinajstić information content (AvgIpc) is 2.95. The van der Waals surface area contributed by atoms with Gasteiger partial charge in [-0.25, -0.2) is 4.98 Å². The standard InChI is InChI=1S/C17H30N3O2P/c1-13-5-7-16(8-6-13)20-11-15(18-12-20)10-14(17(21)22)4-3-9-19(2)23/h11-14,16H,3-10,23H2,1-2H3,(H,21,22)/t13-,14-,16-/m0/s1. The van der Waals surface area contributed by atoms with E-state index in [2.05, 4.69) is 32.1 Å². The van der Waals surface area contributed by atoms with Crippen LogP contribution in [-0.4, -0.2) is 38.9 Å². The first-order valence-electron chi connectivity index (χ1n) is 8.66. The van der Waals surface area contributed by atoms with Gasteiger partial charge in [0, 0.05) is 25.2 Å². The summed E-state index contributed by atoms with van der Waals surface area (Å²) in [5.74, 6) is -0.215. The summed E-state index contributed by atoms with van der Waals surface area (Å²) in [6.07, 6.45) is 11.0. The van der Waals surface area contributed by atoms with Crippen LogP contribution in [0.2, 0.25) is 0 Å². The molecule has 23 heavy (non-hydrogen) atoms. The first kappa shape index (κ1) is 18.4. The van der Waals surface area contributed by atoms with Crippen molar-refractivity contribution >= 4 is 15.4 Å². The average molecular weight is 339 g/mol. The van der Waals surface area contributed by atoms with Gasteiger partial charge in [0.15, 0.2) is 0 Å². The first-order valence-corrected chi connectivity index (χ1v) is 9.18. The second-order valence-corrected chi connectivity index (χ2v) is 7.97. The molecule has 1 aromatic rings. The highest BCUT2D eigenvalue weighted by atomic mass is 31.0. The number of carboxylic acid groups (broad SMARTS) is 1. The van der Waals surface area contributed by atoms with Crippen molar-refractivity contribution in [3.8, 4) is 0 Å². The molecule has 6 heteroatoms. The van der Waals surface area contributed by atoms with Gasteiger partial charge in [-0.1, -0.05) is 16.3 Å². The summed E-state index contributed by atoms with van der Waals surface area (Å²) in [6, 6.07) is 0.543. The van der Waals surface area contributed by atoms with E-state index in [-0.39, 0.29) is 5.92 Å². The number of rotatable bonds is 8. The number of imidazole rings is 1. The van der Waals surface area contributed by atoms with Gasteiger partial charge in [-0.3, -0.25) is 9.46 Å². The molecule has 130 valence electrons. The molecule has 5 nitrogen and oxygen atoms in total. The zero-order chi connectivity index (χ0) is 16.8. The Morgan fingerprint density at radius 2 is 2.17 bits per heavy atom. The molecule has 1 saturated carbocycles. The van der Waals surface area contributed by atoms with Crippen molar-refractivity contribution in [1.82, 2.24) is 14.2 Å². The molecule has 2 rings (SSSR count). The Morgan fingerprint density at radius 3 is 2.78 bits per heavy atom. The number of hydrogen-bond donors (Lipinski definition) is 1. The fraction of sp³-hybridized carbons (Fsp3) is 0.765. The fourth-order valence-electron chi connectivity index (χ4n) is 3.38. The summed E-state index contributed by atoms with van der Waals surface area (Å²) in [5.41, 5.74) is 0.912. The molecule has 1 aromatic heterocycles. The summed E-state index contributed by atoms with van der Waals surface area (Å²) < 4.78 is 4.22. The molecule has 2 atom stereocenters. The van der Waals surface area contributed by atoms with E-state index in [0.717, 1.165) is 24.6 Å². The predicted molar refractivity (Wildman–Crippen MR) is 95.3 cm³/mol. The molecule has 0 bridgehead atoms. The van der Waals surface area contributed by atoms with Crippen molar-refractivity contribution in [3.05, 3.63) is 18.2 Å². The van der Waals surface area contributed by atoms with E-state index in [4.69, 9.17) is 0 Å². The van der Waals surface area contributed by atoms with Crippen LogP contribution in [0.3, 0.4) is 0 Å². The van der Waals surface area contributed by atoms with Crippen LogP contribution in [0.25, 0.3) is 0 Å². The van der Waals surface area contributed by atoms with Crippen LogP contribution in [0.15, 0.2) is 12.5 Å². The lowest BCUT2D eigenvalue weighted by Gasteiger charge is -2.26. The maximum atomic E-state index is 11.5. The second kappa shape index (κ2) is 8.79. The summed E-state index contributed by atoms with van der Waals surface area (Å²) in [4.78, 5) is 15.9. The van der Waals surface area contributed by atoms with Crippen LogP contribution in [0.4, 0.5) is 0 Å². The molecule has 0 aromatic carbocycles. The second-order valence-electron chi connectivity index (χ2n) is 7.09. The highest BCUT2D eigenvalue weighted by Gasteiger charge is 2.22. The van der Waals surface area contributed by atoms with Crippen LogP contribution in [0.1, 0.15) is 57.2 Å². The van der Waals surface area contributed by atoms with Crippen LogP contribution >= 0.6 is 9.39 Å². The molecule has 1 aliphatic carbocycles. The van der Waals surface area contributed by atoms with Crippen LogP contribution in [0.5, 0.6) is 0 Å². The number of carbonyl (C=O) groups is 1. The maximum absolute atomic E-state index is 11.5. The Bertz CT molecular complexity index is 496. The zero-order valence-electron chi connectivity index (χ0n) is 14.3. The van der Waals surface area contributed by atoms with Crippen molar-refractivity contribution in [2.45, 2.75) is 57.9 Å². The van der Waals surface area contributed by atoms with Crippen molar-refractivity contribution in [2.24, 2.45) is 11.8 Å². The number of carboxylic acids is 1. The van der Waals surface area contributed by atoms with Crippen molar-refractivity contribution < 1.29 is 9.90 Å². The molecule has 1 aliphatic rings. The summed E-state index contributed by atoms with van der Waals surface area (Å²) in [5, 5.41) is 9.43. The first-order chi connectivity index (χ1) is 11.0. The summed E-state index contributed by atoms with van der Waals surface area (Å²) in [7, 11) is 4.59. The summed E-state index contributed by atoms with van der Waals surface area (Å²) >= 11 is 0. The van der Waals surface area contributed by atoms with Gasteiger partial charge in [-0.05, 0) is 51.5 Å². The predicted octanol–water partition coefficient (Wildman–Crippen LogP) is 3.38. The molecule has 0 spiro atoms. The van der Waals surface area contributed by atoms with Crippen LogP contribution < -0.4 is 0 Å². The van der Waals surface area contributed by atoms with Gasteiger partial charge in [0.25, 0.3) is 0 Å². The zero-order valence-corrected chi connectivity index (χ0v) is 15.5. The van der Waals surface area contributed by atoms with Crippen molar-refractivity contribution in [3.63, 3.8) is 0 Å². The normalized spacial score (nSPS) is 23.1. The largest absolute Gasteiger partial charge is 0.481 e. The van der Waals surface area contributed by atoms with E-state index in [9.17, 15) is 9.90 Å². The molecular formula is C17H30N3O2P. The smallest absolute Gasteiger partial charge is 0.306 e. The van der Waals surface area contributed by atoms with E-state index in [1.165, 1.54) is 25.7 Å². The molecule has 1 unspecified atom stereocenters. The molecule has 0 aliphatic heterocycles. The van der Waals surface area contributed by atoms with Gasteiger partial charge in [-0.2, -0.15) is 0 Å². The number of aromatic nitrogens is 2. The summed E-state index contributed by atoms with van der Waals surface area (Å²) in [6.45, 7) is 3.21. The third-order valence-electron chi connectivity index (χ3n) is 4.93. The van der Waals surface area contributed by atoms with Gasteiger partial charge in [0.1, 0.15) is 0 Å². The quantitative estimate of drug-likeness (QED) is 0.738. The Morgan fingerprint density at radius 1 is 1.48 bits per heavy atom. The highest BCUT2D eigenvalue weighted by Crippen LogP contribution is 2.31. The monoisotopic (exact) mass is 339 g/mol. The van der Waals surface area contributed by atoms with E-state index in [0.29, 0.717) is 18.9 Å². The number of nitrogens with zero attached hydrogens (tertiary/aromatic N) is 3. The number of aliphatic carboxylic acids is 1. The highest BCUT2D eigenvalue weighted by molar-refractivity contribution is 7.13. The minimum atomic E-state index is -0.711. The van der Waals surface area contributed by atoms with Gasteiger partial charge < -0.3 is 9.67 Å². The Kier molecular flexibility index (Phi) is 7.04. The topological polar surface area (TPSA) is 58.4 Å². The minimum Gasteiger partial charge on any atom is -0.481 e. The maximum Gasteiger partial charge on any atom is 0.306 e. The Hall–Kier alpha value is -0.930. The van der Waals surface area contributed by atoms with Crippen LogP contribution in [0, 0.1) is 11.8 Å². The van der Waals surface area contributed by atoms with Crippen molar-refractivity contribution in [1.29, 1.82) is 0 Å². The molecule has 1 N–H and O–H groups in total. The Labute approximate surface area is 141 Å². The SMILES string of the molecule is CN(P)CCC[C@@H](Cc1cn([C@H]2CC[C@H](C)CC2)cn1)C(=O)O. The molecule has 1 fully saturated rings. The van der Waals surface area contributed by atoms with Gasteiger partial charge >= 0.3 is 5.97 Å². The molecule has 0 saturated heterocycles. The molecule has 1 heterocycles. The molecule has 0 radical (unpaired) electrons. The fourth-order valence-corrected chi connectivity index (χ4v) is 3.56. The van der Waals surface area contributed by atoms with E-state index >= 15 is 0 Å². The molecular weight excluding hydrogens is 309 g/mol. The van der Waals surface area contributed by atoms with E-state index in [1.54, 1.807) is 0 Å². The van der Waals surface area contributed by atoms with Crippen LogP contribution in [-0.2, 0) is 11.2 Å². The Balaban J connectivity index is 1.89. The van der Waals surface area contributed by atoms with Gasteiger partial charge in [0.2, 0.25) is 0 Å². The van der Waals surface area contributed by atoms with Crippen molar-refractivity contribution in [2.75, 3.05) is 13.6 Å². The van der Waals surface area contributed by atoms with Gasteiger partial charge in [-0.15, -0.1) is 0 Å². The lowest BCUT2D eigenvalue weighted by Crippen LogP contribution is -2.19. The lowest BCUT2D eigenvalue weighted by atomic mass is 9.87. The lowest BCUT2D eigenvalue weighted by molar-refractivity contribution is -0.142.